The van der Waals surface area contributed by atoms with Crippen LogP contribution < -0.4 is 0 Å². The Hall–Kier alpha value is -1.62. The fourth-order valence-electron chi connectivity index (χ4n) is 1.30. The van der Waals surface area contributed by atoms with Gasteiger partial charge < -0.3 is 0 Å². The fourth-order valence-corrected chi connectivity index (χ4v) is 3.22. The van der Waals surface area contributed by atoms with Crippen molar-refractivity contribution >= 4 is 31.6 Å². The molecule has 2 aromatic rings. The Balaban J connectivity index is 2.62. The standard InChI is InChI=1S/C9H6ClN3O5S2/c10-8-11-5-12-9(13-8)19(14,15)6-2-1-3-7(4-6)20(16,17)18/h1-5H,(H,16,17,18). The molecule has 11 heteroatoms. The van der Waals surface area contributed by atoms with Gasteiger partial charge in [0.05, 0.1) is 9.79 Å². The van der Waals surface area contributed by atoms with E-state index in [9.17, 15) is 16.8 Å². The van der Waals surface area contributed by atoms with Gasteiger partial charge in [0.25, 0.3) is 15.3 Å². The first-order valence-electron chi connectivity index (χ1n) is 4.88. The molecule has 0 aliphatic carbocycles. The van der Waals surface area contributed by atoms with Crippen molar-refractivity contribution in [1.82, 2.24) is 15.0 Å². The van der Waals surface area contributed by atoms with Crippen molar-refractivity contribution in [3.8, 4) is 0 Å². The number of aromatic nitrogens is 3. The third-order valence-electron chi connectivity index (χ3n) is 2.17. The van der Waals surface area contributed by atoms with Gasteiger partial charge in [-0.1, -0.05) is 6.07 Å². The molecule has 20 heavy (non-hydrogen) atoms. The molecule has 1 aromatic carbocycles. The Morgan fingerprint density at radius 2 is 1.70 bits per heavy atom. The average molecular weight is 336 g/mol. The normalized spacial score (nSPS) is 12.3. The number of nitrogens with zero attached hydrogens (tertiary/aromatic N) is 3. The van der Waals surface area contributed by atoms with Crippen molar-refractivity contribution < 1.29 is 21.4 Å². The number of halogens is 1. The zero-order valence-corrected chi connectivity index (χ0v) is 11.9. The molecule has 0 saturated carbocycles. The average Bonchev–Trinajstić information content (AvgIpc) is 2.38. The van der Waals surface area contributed by atoms with E-state index in [1.165, 1.54) is 6.07 Å². The quantitative estimate of drug-likeness (QED) is 0.808. The van der Waals surface area contributed by atoms with Gasteiger partial charge in [-0.3, -0.25) is 4.55 Å². The van der Waals surface area contributed by atoms with E-state index in [1.54, 1.807) is 0 Å². The Morgan fingerprint density at radius 1 is 1.05 bits per heavy atom. The highest BCUT2D eigenvalue weighted by Gasteiger charge is 2.23. The van der Waals surface area contributed by atoms with Crippen molar-refractivity contribution in [3.05, 3.63) is 35.9 Å². The van der Waals surface area contributed by atoms with E-state index in [-0.39, 0.29) is 5.28 Å². The summed E-state index contributed by atoms with van der Waals surface area (Å²) in [5, 5.41) is -0.936. The summed E-state index contributed by atoms with van der Waals surface area (Å²) < 4.78 is 55.3. The molecular weight excluding hydrogens is 330 g/mol. The summed E-state index contributed by atoms with van der Waals surface area (Å²) in [5.74, 6) is 0. The van der Waals surface area contributed by atoms with Crippen LogP contribution in [0.2, 0.25) is 5.28 Å². The largest absolute Gasteiger partial charge is 0.294 e. The van der Waals surface area contributed by atoms with Crippen molar-refractivity contribution in [2.24, 2.45) is 0 Å². The molecule has 0 atom stereocenters. The lowest BCUT2D eigenvalue weighted by Gasteiger charge is -2.04. The minimum absolute atomic E-state index is 0.315. The zero-order chi connectivity index (χ0) is 15.0. The molecule has 0 aliphatic heterocycles. The second kappa shape index (κ2) is 5.05. The molecule has 1 aromatic heterocycles. The minimum atomic E-state index is -4.52. The van der Waals surface area contributed by atoms with Gasteiger partial charge in [-0.15, -0.1) is 0 Å². The van der Waals surface area contributed by atoms with Crippen LogP contribution in [0, 0.1) is 0 Å². The Bertz CT molecular complexity index is 867. The van der Waals surface area contributed by atoms with Gasteiger partial charge >= 0.3 is 0 Å². The molecule has 0 radical (unpaired) electrons. The van der Waals surface area contributed by atoms with Crippen LogP contribution in [-0.2, 0) is 20.0 Å². The first kappa shape index (κ1) is 14.8. The molecule has 0 aliphatic rings. The molecule has 106 valence electrons. The number of hydrogen-bond donors (Lipinski definition) is 1. The predicted octanol–water partition coefficient (Wildman–Crippen LogP) is 0.605. The van der Waals surface area contributed by atoms with Gasteiger partial charge in [0.15, 0.2) is 0 Å². The number of hydrogen-bond acceptors (Lipinski definition) is 7. The van der Waals surface area contributed by atoms with Crippen LogP contribution in [0.4, 0.5) is 0 Å². The van der Waals surface area contributed by atoms with E-state index in [2.05, 4.69) is 15.0 Å². The molecule has 0 amide bonds. The van der Waals surface area contributed by atoms with Crippen molar-refractivity contribution in [1.29, 1.82) is 0 Å². The SMILES string of the molecule is O=S(=O)(O)c1cccc(S(=O)(=O)c2ncnc(Cl)n2)c1. The smallest absolute Gasteiger partial charge is 0.282 e. The highest BCUT2D eigenvalue weighted by Crippen LogP contribution is 2.20. The minimum Gasteiger partial charge on any atom is -0.282 e. The van der Waals surface area contributed by atoms with Crippen molar-refractivity contribution in [2.45, 2.75) is 14.9 Å². The van der Waals surface area contributed by atoms with Crippen LogP contribution in [0.15, 0.2) is 45.5 Å². The molecule has 1 heterocycles. The van der Waals surface area contributed by atoms with Crippen LogP contribution in [0.25, 0.3) is 0 Å². The topological polar surface area (TPSA) is 127 Å². The first-order chi connectivity index (χ1) is 9.21. The van der Waals surface area contributed by atoms with E-state index in [0.29, 0.717) is 0 Å². The van der Waals surface area contributed by atoms with E-state index >= 15 is 0 Å². The second-order valence-corrected chi connectivity index (χ2v) is 7.09. The third-order valence-corrected chi connectivity index (χ3v) is 4.76. The Labute approximate surface area is 119 Å². The summed E-state index contributed by atoms with van der Waals surface area (Å²) in [5.41, 5.74) is 0. The summed E-state index contributed by atoms with van der Waals surface area (Å²) >= 11 is 5.48. The Morgan fingerprint density at radius 3 is 2.30 bits per heavy atom. The van der Waals surface area contributed by atoms with E-state index in [0.717, 1.165) is 24.5 Å². The van der Waals surface area contributed by atoms with Crippen LogP contribution in [0.3, 0.4) is 0 Å². The zero-order valence-electron chi connectivity index (χ0n) is 9.50. The molecule has 0 bridgehead atoms. The Kier molecular flexibility index (Phi) is 3.73. The molecule has 1 N–H and O–H groups in total. The summed E-state index contributed by atoms with van der Waals surface area (Å²) in [6, 6.07) is 4.15. The van der Waals surface area contributed by atoms with Crippen molar-refractivity contribution in [3.63, 3.8) is 0 Å². The predicted molar refractivity (Wildman–Crippen MR) is 66.5 cm³/mol. The van der Waals surface area contributed by atoms with Crippen LogP contribution in [0.5, 0.6) is 0 Å². The van der Waals surface area contributed by atoms with Crippen LogP contribution in [0.1, 0.15) is 0 Å². The van der Waals surface area contributed by atoms with Gasteiger partial charge in [0.2, 0.25) is 15.1 Å². The molecule has 2 rings (SSSR count). The monoisotopic (exact) mass is 335 g/mol. The third kappa shape index (κ3) is 2.93. The van der Waals surface area contributed by atoms with Gasteiger partial charge in [-0.25, -0.2) is 18.4 Å². The number of benzene rings is 1. The van der Waals surface area contributed by atoms with Gasteiger partial charge in [0.1, 0.15) is 6.33 Å². The number of rotatable bonds is 3. The molecule has 8 nitrogen and oxygen atoms in total. The van der Waals surface area contributed by atoms with E-state index < -0.39 is 34.9 Å². The lowest BCUT2D eigenvalue weighted by atomic mass is 10.4. The fraction of sp³-hybridized carbons (Fsp3) is 0. The first-order valence-corrected chi connectivity index (χ1v) is 8.18. The molecular formula is C9H6ClN3O5S2. The van der Waals surface area contributed by atoms with Gasteiger partial charge in [-0.05, 0) is 29.8 Å². The summed E-state index contributed by atoms with van der Waals surface area (Å²) in [6.07, 6.45) is 0.912. The van der Waals surface area contributed by atoms with Crippen LogP contribution >= 0.6 is 11.6 Å². The van der Waals surface area contributed by atoms with Crippen LogP contribution in [-0.4, -0.2) is 36.3 Å². The highest BCUT2D eigenvalue weighted by molar-refractivity contribution is 7.91. The maximum Gasteiger partial charge on any atom is 0.294 e. The molecule has 0 saturated heterocycles. The van der Waals surface area contributed by atoms with E-state index in [1.807, 2.05) is 0 Å². The summed E-state index contributed by atoms with van der Waals surface area (Å²) in [4.78, 5) is 9.43. The highest BCUT2D eigenvalue weighted by atomic mass is 35.5. The molecule has 0 unspecified atom stereocenters. The maximum atomic E-state index is 12.2. The summed E-state index contributed by atoms with van der Waals surface area (Å²) in [6.45, 7) is 0. The van der Waals surface area contributed by atoms with Crippen molar-refractivity contribution in [2.75, 3.05) is 0 Å². The van der Waals surface area contributed by atoms with E-state index in [4.69, 9.17) is 16.2 Å². The molecule has 0 spiro atoms. The molecule has 0 fully saturated rings. The lowest BCUT2D eigenvalue weighted by molar-refractivity contribution is 0.483. The lowest BCUT2D eigenvalue weighted by Crippen LogP contribution is -2.09. The second-order valence-electron chi connectivity index (χ2n) is 3.49. The number of sulfone groups is 1. The summed E-state index contributed by atoms with van der Waals surface area (Å²) in [7, 11) is -8.69. The van der Waals surface area contributed by atoms with Gasteiger partial charge in [0, 0.05) is 0 Å². The van der Waals surface area contributed by atoms with Gasteiger partial charge in [-0.2, -0.15) is 13.4 Å². The maximum absolute atomic E-state index is 12.2.